The van der Waals surface area contributed by atoms with Crippen molar-refractivity contribution < 1.29 is 28.5 Å². The molecule has 0 aromatic heterocycles. The van der Waals surface area contributed by atoms with Crippen LogP contribution < -0.4 is 18.9 Å². The summed E-state index contributed by atoms with van der Waals surface area (Å²) in [4.78, 5) is 12.3. The van der Waals surface area contributed by atoms with E-state index in [1.54, 1.807) is 64.9 Å². The topological polar surface area (TPSA) is 63.2 Å². The molecule has 0 atom stereocenters. The van der Waals surface area contributed by atoms with Gasteiger partial charge < -0.3 is 23.7 Å². The number of hydrogen-bond acceptors (Lipinski definition) is 6. The van der Waals surface area contributed by atoms with Crippen LogP contribution in [0.5, 0.6) is 23.0 Å². The van der Waals surface area contributed by atoms with Crippen LogP contribution in [0.4, 0.5) is 0 Å². The summed E-state index contributed by atoms with van der Waals surface area (Å²) in [6.45, 7) is 0. The average Bonchev–Trinajstić information content (AvgIpc) is 3.07. The monoisotopic (exact) mass is 368 g/mol. The second-order valence-electron chi connectivity index (χ2n) is 5.65. The Bertz CT molecular complexity index is 926. The van der Waals surface area contributed by atoms with Gasteiger partial charge in [-0.05, 0) is 36.4 Å². The highest BCUT2D eigenvalue weighted by molar-refractivity contribution is 6.05. The van der Waals surface area contributed by atoms with Crippen molar-refractivity contribution in [1.29, 1.82) is 0 Å². The van der Waals surface area contributed by atoms with Gasteiger partial charge in [0.2, 0.25) is 0 Å². The summed E-state index contributed by atoms with van der Waals surface area (Å²) in [6.07, 6.45) is 3.39. The quantitative estimate of drug-likeness (QED) is 0.572. The molecule has 2 aromatic rings. The van der Waals surface area contributed by atoms with Crippen LogP contribution >= 0.6 is 0 Å². The summed E-state index contributed by atoms with van der Waals surface area (Å²) < 4.78 is 26.7. The number of para-hydroxylation sites is 1. The molecule has 0 saturated heterocycles. The normalized spacial score (nSPS) is 14.6. The van der Waals surface area contributed by atoms with Crippen LogP contribution in [0.1, 0.15) is 11.1 Å². The van der Waals surface area contributed by atoms with E-state index in [1.807, 2.05) is 12.1 Å². The minimum absolute atomic E-state index is 0.409. The Labute approximate surface area is 157 Å². The number of benzene rings is 2. The number of ether oxygens (including phenoxy) is 5. The molecule has 2 aromatic carbocycles. The third-order valence-corrected chi connectivity index (χ3v) is 4.14. The van der Waals surface area contributed by atoms with Crippen molar-refractivity contribution in [2.45, 2.75) is 0 Å². The number of carbonyl (C=O) groups excluding carboxylic acids is 1. The molecule has 6 nitrogen and oxygen atoms in total. The van der Waals surface area contributed by atoms with Gasteiger partial charge in [-0.2, -0.15) is 0 Å². The smallest absolute Gasteiger partial charge is 0.343 e. The number of rotatable bonds is 6. The lowest BCUT2D eigenvalue weighted by Gasteiger charge is -2.10. The molecule has 3 rings (SSSR count). The fourth-order valence-corrected chi connectivity index (χ4v) is 2.81. The molecule has 140 valence electrons. The van der Waals surface area contributed by atoms with E-state index in [2.05, 4.69) is 0 Å². The fourth-order valence-electron chi connectivity index (χ4n) is 2.81. The zero-order valence-electron chi connectivity index (χ0n) is 15.6. The van der Waals surface area contributed by atoms with Crippen molar-refractivity contribution in [3.8, 4) is 23.0 Å². The maximum atomic E-state index is 12.3. The molecule has 0 saturated carbocycles. The fraction of sp³-hybridized carbons (Fsp3) is 0.190. The SMILES string of the molecule is COc1ccc(C2=CC(=Cc3cccc(OC)c3OC)C(=O)O2)cc1OC. The molecule has 6 heteroatoms. The van der Waals surface area contributed by atoms with Crippen LogP contribution in [0.25, 0.3) is 11.8 Å². The van der Waals surface area contributed by atoms with E-state index in [-0.39, 0.29) is 0 Å². The van der Waals surface area contributed by atoms with Crippen LogP contribution in [0.2, 0.25) is 0 Å². The summed E-state index contributed by atoms with van der Waals surface area (Å²) >= 11 is 0. The van der Waals surface area contributed by atoms with Crippen LogP contribution in [0.15, 0.2) is 48.0 Å². The minimum atomic E-state index is -0.440. The third-order valence-electron chi connectivity index (χ3n) is 4.14. The van der Waals surface area contributed by atoms with E-state index in [0.717, 1.165) is 0 Å². The van der Waals surface area contributed by atoms with E-state index in [4.69, 9.17) is 23.7 Å². The van der Waals surface area contributed by atoms with Gasteiger partial charge in [0.05, 0.1) is 34.0 Å². The zero-order chi connectivity index (χ0) is 19.4. The molecule has 0 unspecified atom stereocenters. The number of methoxy groups -OCH3 is 4. The second kappa shape index (κ2) is 7.86. The van der Waals surface area contributed by atoms with E-state index in [9.17, 15) is 4.79 Å². The Morgan fingerprint density at radius 2 is 1.59 bits per heavy atom. The highest BCUT2D eigenvalue weighted by Gasteiger charge is 2.23. The van der Waals surface area contributed by atoms with Gasteiger partial charge in [-0.1, -0.05) is 12.1 Å². The molecule has 1 aliphatic rings. The van der Waals surface area contributed by atoms with Gasteiger partial charge in [0.25, 0.3) is 0 Å². The molecule has 0 N–H and O–H groups in total. The van der Waals surface area contributed by atoms with Crippen molar-refractivity contribution in [2.75, 3.05) is 28.4 Å². The summed E-state index contributed by atoms with van der Waals surface area (Å²) in [5, 5.41) is 0. The van der Waals surface area contributed by atoms with Crippen molar-refractivity contribution in [2.24, 2.45) is 0 Å². The largest absolute Gasteiger partial charge is 0.493 e. The van der Waals surface area contributed by atoms with Crippen LogP contribution in [0.3, 0.4) is 0 Å². The number of hydrogen-bond donors (Lipinski definition) is 0. The summed E-state index contributed by atoms with van der Waals surface area (Å²) in [7, 11) is 6.23. The predicted octanol–water partition coefficient (Wildman–Crippen LogP) is 3.70. The Morgan fingerprint density at radius 3 is 2.26 bits per heavy atom. The Balaban J connectivity index is 1.99. The molecule has 0 amide bonds. The average molecular weight is 368 g/mol. The molecule has 0 aliphatic carbocycles. The third kappa shape index (κ3) is 3.60. The van der Waals surface area contributed by atoms with Crippen LogP contribution in [0, 0.1) is 0 Å². The van der Waals surface area contributed by atoms with E-state index < -0.39 is 5.97 Å². The second-order valence-corrected chi connectivity index (χ2v) is 5.65. The van der Waals surface area contributed by atoms with E-state index in [1.165, 1.54) is 0 Å². The maximum Gasteiger partial charge on any atom is 0.343 e. The lowest BCUT2D eigenvalue weighted by atomic mass is 10.1. The molecular weight excluding hydrogens is 348 g/mol. The molecule has 0 fully saturated rings. The number of esters is 1. The first-order valence-corrected chi connectivity index (χ1v) is 8.20. The van der Waals surface area contributed by atoms with Gasteiger partial charge in [0.1, 0.15) is 5.76 Å². The first-order chi connectivity index (χ1) is 13.1. The molecule has 27 heavy (non-hydrogen) atoms. The highest BCUT2D eigenvalue weighted by atomic mass is 16.5. The first-order valence-electron chi connectivity index (χ1n) is 8.20. The van der Waals surface area contributed by atoms with Gasteiger partial charge in [-0.15, -0.1) is 0 Å². The molecule has 0 spiro atoms. The zero-order valence-corrected chi connectivity index (χ0v) is 15.6. The summed E-state index contributed by atoms with van der Waals surface area (Å²) in [5.74, 6) is 2.29. The lowest BCUT2D eigenvalue weighted by molar-refractivity contribution is -0.130. The van der Waals surface area contributed by atoms with Gasteiger partial charge in [-0.25, -0.2) is 4.79 Å². The Hall–Kier alpha value is -3.41. The van der Waals surface area contributed by atoms with Gasteiger partial charge in [0, 0.05) is 11.1 Å². The Kier molecular flexibility index (Phi) is 5.35. The van der Waals surface area contributed by atoms with E-state index >= 15 is 0 Å². The lowest BCUT2D eigenvalue weighted by Crippen LogP contribution is -1.98. The molecule has 0 bridgehead atoms. The molecule has 1 heterocycles. The highest BCUT2D eigenvalue weighted by Crippen LogP contribution is 2.36. The standard InChI is InChI=1S/C21H20O6/c1-23-16-9-8-13(11-19(16)25-3)18-12-15(21(22)27-18)10-14-6-5-7-17(24-2)20(14)26-4/h5-12H,1-4H3. The van der Waals surface area contributed by atoms with Gasteiger partial charge >= 0.3 is 5.97 Å². The minimum Gasteiger partial charge on any atom is -0.493 e. The van der Waals surface area contributed by atoms with Gasteiger partial charge in [0.15, 0.2) is 23.0 Å². The Morgan fingerprint density at radius 1 is 0.852 bits per heavy atom. The number of carbonyl (C=O) groups is 1. The van der Waals surface area contributed by atoms with Crippen LogP contribution in [-0.2, 0) is 9.53 Å². The van der Waals surface area contributed by atoms with Crippen molar-refractivity contribution in [3.05, 3.63) is 59.2 Å². The predicted molar refractivity (Wildman–Crippen MR) is 101 cm³/mol. The van der Waals surface area contributed by atoms with Crippen LogP contribution in [-0.4, -0.2) is 34.4 Å². The summed E-state index contributed by atoms with van der Waals surface area (Å²) in [5.41, 5.74) is 1.84. The van der Waals surface area contributed by atoms with E-state index in [0.29, 0.717) is 45.5 Å². The molecule has 0 radical (unpaired) electrons. The van der Waals surface area contributed by atoms with Crippen molar-refractivity contribution >= 4 is 17.8 Å². The van der Waals surface area contributed by atoms with Crippen molar-refractivity contribution in [1.82, 2.24) is 0 Å². The molecular formula is C21H20O6. The van der Waals surface area contributed by atoms with Crippen molar-refractivity contribution in [3.63, 3.8) is 0 Å². The molecule has 1 aliphatic heterocycles. The number of cyclic esters (lactones) is 1. The maximum absolute atomic E-state index is 12.3. The van der Waals surface area contributed by atoms with Gasteiger partial charge in [-0.3, -0.25) is 0 Å². The first kappa shape index (κ1) is 18.4. The summed E-state index contributed by atoms with van der Waals surface area (Å²) in [6, 6.07) is 10.8.